The van der Waals surface area contributed by atoms with Gasteiger partial charge in [0.05, 0.1) is 24.6 Å². The minimum absolute atomic E-state index is 0.204. The second-order valence-corrected chi connectivity index (χ2v) is 4.18. The number of benzene rings is 1. The lowest BCUT2D eigenvalue weighted by atomic mass is 10.1. The molecule has 2 aromatic rings. The summed E-state index contributed by atoms with van der Waals surface area (Å²) in [4.78, 5) is 4.23. The van der Waals surface area contributed by atoms with Crippen LogP contribution in [0.4, 0.5) is 0 Å². The average molecular weight is 251 g/mol. The third kappa shape index (κ3) is 3.40. The summed E-state index contributed by atoms with van der Waals surface area (Å²) in [5.74, 6) is 0.447. The first-order valence-electron chi connectivity index (χ1n) is 6.05. The molecule has 19 heavy (non-hydrogen) atoms. The van der Waals surface area contributed by atoms with Gasteiger partial charge in [-0.3, -0.25) is 4.68 Å². The predicted octanol–water partition coefficient (Wildman–Crippen LogP) is 2.39. The molecule has 0 radical (unpaired) electrons. The van der Waals surface area contributed by atoms with Crippen molar-refractivity contribution in [2.75, 3.05) is 0 Å². The highest BCUT2D eigenvalue weighted by molar-refractivity contribution is 5.53. The van der Waals surface area contributed by atoms with Crippen molar-refractivity contribution in [3.05, 3.63) is 36.7 Å². The fourth-order valence-corrected chi connectivity index (χ4v) is 1.76. The number of nitriles is 2. The van der Waals surface area contributed by atoms with Crippen molar-refractivity contribution in [2.45, 2.75) is 19.4 Å². The first-order valence-corrected chi connectivity index (χ1v) is 6.05. The number of aromatic nitrogens is 3. The molecule has 0 amide bonds. The molecule has 1 heterocycles. The lowest BCUT2D eigenvalue weighted by molar-refractivity contribution is 0.476. The molecule has 0 N–H and O–H groups in total. The Morgan fingerprint density at radius 3 is 2.68 bits per heavy atom. The molecule has 1 atom stereocenters. The first-order chi connectivity index (χ1) is 9.33. The van der Waals surface area contributed by atoms with Crippen LogP contribution in [-0.4, -0.2) is 14.8 Å². The summed E-state index contributed by atoms with van der Waals surface area (Å²) >= 11 is 0. The van der Waals surface area contributed by atoms with Crippen LogP contribution in [0, 0.1) is 28.6 Å². The van der Waals surface area contributed by atoms with Crippen LogP contribution in [0.2, 0.25) is 0 Å². The average Bonchev–Trinajstić information content (AvgIpc) is 2.93. The highest BCUT2D eigenvalue weighted by Gasteiger charge is 2.10. The van der Waals surface area contributed by atoms with E-state index in [4.69, 9.17) is 10.5 Å². The monoisotopic (exact) mass is 251 g/mol. The Bertz CT molecular complexity index is 603. The van der Waals surface area contributed by atoms with Crippen LogP contribution in [0.1, 0.15) is 12.8 Å². The summed E-state index contributed by atoms with van der Waals surface area (Å²) in [6.07, 6.45) is 2.57. The van der Waals surface area contributed by atoms with Crippen molar-refractivity contribution < 1.29 is 0 Å². The normalized spacial score (nSPS) is 11.5. The SMILES string of the molecule is N#CCC[C@@H](C#N)Cn1cnc(-c2ccccc2)n1. The molecule has 94 valence electrons. The molecular formula is C14H13N5. The molecule has 0 spiro atoms. The highest BCUT2D eigenvalue weighted by atomic mass is 15.3. The van der Waals surface area contributed by atoms with E-state index in [0.29, 0.717) is 25.2 Å². The highest BCUT2D eigenvalue weighted by Crippen LogP contribution is 2.14. The van der Waals surface area contributed by atoms with Gasteiger partial charge in [0, 0.05) is 12.0 Å². The molecule has 0 saturated carbocycles. The van der Waals surface area contributed by atoms with Crippen molar-refractivity contribution in [1.29, 1.82) is 10.5 Å². The number of nitrogens with zero attached hydrogens (tertiary/aromatic N) is 5. The maximum Gasteiger partial charge on any atom is 0.181 e. The molecule has 0 aliphatic heterocycles. The number of rotatable bonds is 5. The maximum atomic E-state index is 9.02. The van der Waals surface area contributed by atoms with Gasteiger partial charge in [0.1, 0.15) is 6.33 Å². The van der Waals surface area contributed by atoms with E-state index in [2.05, 4.69) is 22.2 Å². The van der Waals surface area contributed by atoms with Crippen molar-refractivity contribution in [2.24, 2.45) is 5.92 Å². The van der Waals surface area contributed by atoms with Gasteiger partial charge in [0.25, 0.3) is 0 Å². The fraction of sp³-hybridized carbons (Fsp3) is 0.286. The van der Waals surface area contributed by atoms with Gasteiger partial charge in [-0.1, -0.05) is 30.3 Å². The number of hydrogen-bond acceptors (Lipinski definition) is 4. The second-order valence-electron chi connectivity index (χ2n) is 4.18. The minimum Gasteiger partial charge on any atom is -0.251 e. The van der Waals surface area contributed by atoms with Gasteiger partial charge in [-0.05, 0) is 6.42 Å². The van der Waals surface area contributed by atoms with Gasteiger partial charge >= 0.3 is 0 Å². The van der Waals surface area contributed by atoms with Gasteiger partial charge in [-0.2, -0.15) is 15.6 Å². The third-order valence-electron chi connectivity index (χ3n) is 2.76. The van der Waals surface area contributed by atoms with E-state index in [0.717, 1.165) is 5.56 Å². The second kappa shape index (κ2) is 6.32. The van der Waals surface area contributed by atoms with E-state index in [9.17, 15) is 0 Å². The van der Waals surface area contributed by atoms with Crippen LogP contribution < -0.4 is 0 Å². The molecule has 1 aromatic heterocycles. The molecule has 0 unspecified atom stereocenters. The summed E-state index contributed by atoms with van der Waals surface area (Å²) < 4.78 is 1.66. The van der Waals surface area contributed by atoms with Crippen LogP contribution in [0.15, 0.2) is 36.7 Å². The molecule has 0 saturated heterocycles. The van der Waals surface area contributed by atoms with Gasteiger partial charge in [0.15, 0.2) is 5.82 Å². The van der Waals surface area contributed by atoms with E-state index in [1.165, 1.54) is 0 Å². The van der Waals surface area contributed by atoms with Gasteiger partial charge in [0.2, 0.25) is 0 Å². The van der Waals surface area contributed by atoms with Crippen LogP contribution in [0.25, 0.3) is 11.4 Å². The Kier molecular flexibility index (Phi) is 4.25. The first kappa shape index (κ1) is 12.8. The van der Waals surface area contributed by atoms with Crippen LogP contribution in [0.5, 0.6) is 0 Å². The standard InChI is InChI=1S/C14H13N5/c15-8-4-5-12(9-16)10-19-11-17-14(18-19)13-6-2-1-3-7-13/h1-3,6-7,11-12H,4-5,10H2/t12-/m0/s1. The Labute approximate surface area is 111 Å². The third-order valence-corrected chi connectivity index (χ3v) is 2.76. The molecule has 5 heteroatoms. The van der Waals surface area contributed by atoms with E-state index in [1.807, 2.05) is 30.3 Å². The molecule has 5 nitrogen and oxygen atoms in total. The summed E-state index contributed by atoms with van der Waals surface area (Å²) in [5, 5.41) is 21.9. The van der Waals surface area contributed by atoms with Gasteiger partial charge in [-0.25, -0.2) is 4.98 Å². The van der Waals surface area contributed by atoms with E-state index in [1.54, 1.807) is 11.0 Å². The Balaban J connectivity index is 2.06. The molecule has 0 fully saturated rings. The smallest absolute Gasteiger partial charge is 0.181 e. The van der Waals surface area contributed by atoms with Crippen molar-refractivity contribution in [3.63, 3.8) is 0 Å². The Morgan fingerprint density at radius 2 is 2.00 bits per heavy atom. The lowest BCUT2D eigenvalue weighted by Gasteiger charge is -2.05. The summed E-state index contributed by atoms with van der Waals surface area (Å²) in [6.45, 7) is 0.470. The predicted molar refractivity (Wildman–Crippen MR) is 69.4 cm³/mol. The zero-order valence-electron chi connectivity index (χ0n) is 10.4. The quantitative estimate of drug-likeness (QED) is 0.817. The van der Waals surface area contributed by atoms with E-state index < -0.39 is 0 Å². The maximum absolute atomic E-state index is 9.02. The van der Waals surface area contributed by atoms with Crippen LogP contribution >= 0.6 is 0 Å². The van der Waals surface area contributed by atoms with Crippen molar-refractivity contribution >= 4 is 0 Å². The van der Waals surface area contributed by atoms with Crippen molar-refractivity contribution in [3.8, 4) is 23.5 Å². The van der Waals surface area contributed by atoms with Gasteiger partial charge in [-0.15, -0.1) is 0 Å². The Hall–Kier alpha value is -2.66. The summed E-state index contributed by atoms with van der Waals surface area (Å²) in [7, 11) is 0. The summed E-state index contributed by atoms with van der Waals surface area (Å²) in [6, 6.07) is 13.9. The molecule has 0 aliphatic rings. The van der Waals surface area contributed by atoms with Crippen molar-refractivity contribution in [1.82, 2.24) is 14.8 Å². The lowest BCUT2D eigenvalue weighted by Crippen LogP contribution is -2.09. The molecule has 2 rings (SSSR count). The zero-order chi connectivity index (χ0) is 13.5. The van der Waals surface area contributed by atoms with E-state index in [-0.39, 0.29) is 5.92 Å². The molecule has 1 aromatic carbocycles. The van der Waals surface area contributed by atoms with E-state index >= 15 is 0 Å². The fourth-order valence-electron chi connectivity index (χ4n) is 1.76. The Morgan fingerprint density at radius 1 is 1.21 bits per heavy atom. The van der Waals surface area contributed by atoms with Crippen LogP contribution in [-0.2, 0) is 6.54 Å². The van der Waals surface area contributed by atoms with Crippen LogP contribution in [0.3, 0.4) is 0 Å². The minimum atomic E-state index is -0.204. The number of hydrogen-bond donors (Lipinski definition) is 0. The largest absolute Gasteiger partial charge is 0.251 e. The molecular weight excluding hydrogens is 238 g/mol. The van der Waals surface area contributed by atoms with Gasteiger partial charge < -0.3 is 0 Å². The summed E-state index contributed by atoms with van der Waals surface area (Å²) in [5.41, 5.74) is 0.951. The molecule has 0 bridgehead atoms. The zero-order valence-corrected chi connectivity index (χ0v) is 10.4. The topological polar surface area (TPSA) is 78.3 Å². The molecule has 0 aliphatic carbocycles.